The largest absolute Gasteiger partial charge is 0.382 e. The number of nitrogens with two attached hydrogens (primary N) is 3. The van der Waals surface area contributed by atoms with E-state index in [1.807, 2.05) is 24.3 Å². The summed E-state index contributed by atoms with van der Waals surface area (Å²) in [7, 11) is 2.25. The molecule has 0 atom stereocenters. The van der Waals surface area contributed by atoms with Crippen LogP contribution in [0, 0.1) is 0 Å². The third kappa shape index (κ3) is 6.26. The zero-order chi connectivity index (χ0) is 21.6. The van der Waals surface area contributed by atoms with E-state index in [4.69, 9.17) is 16.7 Å². The van der Waals surface area contributed by atoms with Gasteiger partial charge in [0.15, 0.2) is 5.84 Å². The summed E-state index contributed by atoms with van der Waals surface area (Å²) in [6.45, 7) is 2.88. The summed E-state index contributed by atoms with van der Waals surface area (Å²) in [5, 5.41) is 8.83. The normalized spacial score (nSPS) is 12.7. The summed E-state index contributed by atoms with van der Waals surface area (Å²) < 4.78 is 24.0. The molecule has 0 aliphatic rings. The van der Waals surface area contributed by atoms with E-state index < -0.39 is 10.0 Å². The van der Waals surface area contributed by atoms with E-state index in [2.05, 4.69) is 36.0 Å². The van der Waals surface area contributed by atoms with Crippen molar-refractivity contribution in [2.75, 3.05) is 34.2 Å². The Labute approximate surface area is 173 Å². The number of rotatable bonds is 9. The van der Waals surface area contributed by atoms with Gasteiger partial charge in [-0.15, -0.1) is 0 Å². The second-order valence-electron chi connectivity index (χ2n) is 7.33. The van der Waals surface area contributed by atoms with E-state index in [-0.39, 0.29) is 16.3 Å². The summed E-state index contributed by atoms with van der Waals surface area (Å²) in [4.78, 5) is 4.34. The molecule has 0 aliphatic carbocycles. The highest BCUT2D eigenvalue weighted by molar-refractivity contribution is 7.89. The Hall–Kier alpha value is -2.46. The lowest BCUT2D eigenvalue weighted by atomic mass is 9.98. The first-order chi connectivity index (χ1) is 13.6. The summed E-state index contributed by atoms with van der Waals surface area (Å²) in [6.07, 6.45) is 1.10. The minimum atomic E-state index is -3.98. The van der Waals surface area contributed by atoms with Crippen molar-refractivity contribution in [3.63, 3.8) is 0 Å². The minimum Gasteiger partial charge on any atom is -0.382 e. The highest BCUT2D eigenvalue weighted by Crippen LogP contribution is 2.28. The van der Waals surface area contributed by atoms with Gasteiger partial charge in [-0.25, -0.2) is 13.6 Å². The molecule has 0 aromatic heterocycles. The van der Waals surface area contributed by atoms with Crippen LogP contribution in [0.15, 0.2) is 52.5 Å². The predicted octanol–water partition coefficient (Wildman–Crippen LogP) is 0.964. The van der Waals surface area contributed by atoms with Crippen molar-refractivity contribution >= 4 is 15.9 Å². The molecule has 0 aliphatic heterocycles. The lowest BCUT2D eigenvalue weighted by Crippen LogP contribution is -2.23. The average Bonchev–Trinajstić information content (AvgIpc) is 2.66. The summed E-state index contributed by atoms with van der Waals surface area (Å²) >= 11 is 0. The van der Waals surface area contributed by atoms with Gasteiger partial charge in [0.25, 0.3) is 0 Å². The quantitative estimate of drug-likeness (QED) is 0.241. The van der Waals surface area contributed by atoms with E-state index in [9.17, 15) is 8.42 Å². The Balaban J connectivity index is 2.28. The number of hydrogen-bond donors (Lipinski definition) is 3. The number of nitrogens with zero attached hydrogens (tertiary/aromatic N) is 3. The van der Waals surface area contributed by atoms with E-state index >= 15 is 0 Å². The second kappa shape index (κ2) is 9.84. The molecule has 2 aromatic rings. The fourth-order valence-corrected chi connectivity index (χ4v) is 3.94. The van der Waals surface area contributed by atoms with Crippen molar-refractivity contribution in [1.29, 1.82) is 0 Å². The highest BCUT2D eigenvalue weighted by atomic mass is 32.2. The zero-order valence-corrected chi connectivity index (χ0v) is 18.0. The Morgan fingerprint density at radius 3 is 2.24 bits per heavy atom. The maximum Gasteiger partial charge on any atom is 0.238 e. The molecule has 0 bridgehead atoms. The van der Waals surface area contributed by atoms with E-state index in [1.165, 1.54) is 6.07 Å². The monoisotopic (exact) mass is 418 g/mol. The van der Waals surface area contributed by atoms with Gasteiger partial charge < -0.3 is 21.4 Å². The fourth-order valence-electron chi connectivity index (χ4n) is 3.17. The third-order valence-corrected chi connectivity index (χ3v) is 5.54. The van der Waals surface area contributed by atoms with Gasteiger partial charge in [-0.2, -0.15) is 5.10 Å². The number of benzene rings is 2. The van der Waals surface area contributed by atoms with Crippen molar-refractivity contribution in [2.24, 2.45) is 21.8 Å². The zero-order valence-electron chi connectivity index (χ0n) is 17.2. The molecule has 0 spiro atoms. The van der Waals surface area contributed by atoms with Crippen LogP contribution in [0.2, 0.25) is 0 Å². The Kier molecular flexibility index (Phi) is 7.74. The molecular weight excluding hydrogens is 388 g/mol. The Morgan fingerprint density at radius 2 is 1.69 bits per heavy atom. The number of hydrazone groups is 1. The predicted molar refractivity (Wildman–Crippen MR) is 118 cm³/mol. The molecule has 9 heteroatoms. The van der Waals surface area contributed by atoms with Gasteiger partial charge in [-0.1, -0.05) is 36.4 Å². The maximum atomic E-state index is 12.0. The van der Waals surface area contributed by atoms with Crippen LogP contribution in [0.4, 0.5) is 0 Å². The van der Waals surface area contributed by atoms with Crippen LogP contribution in [0.25, 0.3) is 11.1 Å². The van der Waals surface area contributed by atoms with Gasteiger partial charge in [-0.05, 0) is 63.4 Å². The highest BCUT2D eigenvalue weighted by Gasteiger charge is 2.20. The first-order valence-corrected chi connectivity index (χ1v) is 10.8. The van der Waals surface area contributed by atoms with Gasteiger partial charge in [0, 0.05) is 12.1 Å². The van der Waals surface area contributed by atoms with Crippen molar-refractivity contribution in [3.05, 3.63) is 53.6 Å². The van der Waals surface area contributed by atoms with Crippen LogP contribution in [-0.4, -0.2) is 58.3 Å². The molecule has 2 rings (SSSR count). The molecule has 2 aromatic carbocycles. The van der Waals surface area contributed by atoms with E-state index in [1.54, 1.807) is 12.1 Å². The van der Waals surface area contributed by atoms with Crippen LogP contribution >= 0.6 is 0 Å². The van der Waals surface area contributed by atoms with Gasteiger partial charge in [-0.3, -0.25) is 0 Å². The Bertz CT molecular complexity index is 955. The van der Waals surface area contributed by atoms with Crippen LogP contribution in [0.3, 0.4) is 0 Å². The van der Waals surface area contributed by atoms with Crippen molar-refractivity contribution in [1.82, 2.24) is 9.80 Å². The first kappa shape index (κ1) is 22.8. The van der Waals surface area contributed by atoms with Crippen molar-refractivity contribution in [2.45, 2.75) is 17.9 Å². The molecule has 0 amide bonds. The number of primary sulfonamides is 1. The smallest absolute Gasteiger partial charge is 0.238 e. The molecule has 0 heterocycles. The Morgan fingerprint density at radius 1 is 1.03 bits per heavy atom. The fraction of sp³-hybridized carbons (Fsp3) is 0.350. The molecule has 6 N–H and O–H groups in total. The maximum absolute atomic E-state index is 12.0. The van der Waals surface area contributed by atoms with Gasteiger partial charge >= 0.3 is 0 Å². The number of hydrogen-bond acceptors (Lipinski definition) is 6. The second-order valence-corrected chi connectivity index (χ2v) is 8.86. The van der Waals surface area contributed by atoms with Gasteiger partial charge in [0.2, 0.25) is 10.0 Å². The minimum absolute atomic E-state index is 0.0886. The van der Waals surface area contributed by atoms with Crippen molar-refractivity contribution < 1.29 is 8.42 Å². The SMILES string of the molecule is CN(C)CCCN(C)Cc1ccc(-c2cccc(S(N)(=O)=O)c2/C(N)=N/N)cc1. The van der Waals surface area contributed by atoms with Gasteiger partial charge in [0.1, 0.15) is 0 Å². The summed E-state index contributed by atoms with van der Waals surface area (Å²) in [6, 6.07) is 12.7. The lowest BCUT2D eigenvalue weighted by Gasteiger charge is -2.18. The summed E-state index contributed by atoms with van der Waals surface area (Å²) in [5.74, 6) is 5.23. The average molecular weight is 419 g/mol. The molecule has 0 saturated heterocycles. The van der Waals surface area contributed by atoms with Crippen LogP contribution in [0.5, 0.6) is 0 Å². The molecule has 0 saturated carbocycles. The van der Waals surface area contributed by atoms with Crippen LogP contribution in [0.1, 0.15) is 17.5 Å². The molecule has 8 nitrogen and oxygen atoms in total. The molecular formula is C20H30N6O2S. The number of sulfonamides is 1. The summed E-state index contributed by atoms with van der Waals surface area (Å²) in [5.41, 5.74) is 8.67. The van der Waals surface area contributed by atoms with Crippen molar-refractivity contribution in [3.8, 4) is 11.1 Å². The third-order valence-electron chi connectivity index (χ3n) is 4.59. The number of amidine groups is 1. The molecule has 29 heavy (non-hydrogen) atoms. The first-order valence-electron chi connectivity index (χ1n) is 9.25. The lowest BCUT2D eigenvalue weighted by molar-refractivity contribution is 0.294. The van der Waals surface area contributed by atoms with Gasteiger partial charge in [0.05, 0.1) is 4.90 Å². The van der Waals surface area contributed by atoms with Crippen LogP contribution < -0.4 is 16.7 Å². The van der Waals surface area contributed by atoms with Crippen LogP contribution in [-0.2, 0) is 16.6 Å². The molecule has 158 valence electrons. The molecule has 0 unspecified atom stereocenters. The molecule has 0 fully saturated rings. The standard InChI is InChI=1S/C20H30N6O2S/c1-25(2)12-5-13-26(3)14-15-8-10-16(11-9-15)17-6-4-7-18(29(23,27)28)19(17)20(21)24-22/h4,6-11H,5,12-14,22H2,1-3H3,(H2,21,24)(H2,23,27,28). The van der Waals surface area contributed by atoms with E-state index in [0.29, 0.717) is 5.56 Å². The topological polar surface area (TPSA) is 131 Å². The van der Waals surface area contributed by atoms with E-state index in [0.717, 1.165) is 37.2 Å². The molecule has 0 radical (unpaired) electrons.